The highest BCUT2D eigenvalue weighted by Gasteiger charge is 2.05. The van der Waals surface area contributed by atoms with E-state index in [0.29, 0.717) is 30.9 Å². The summed E-state index contributed by atoms with van der Waals surface area (Å²) in [5.74, 6) is -0.725. The van der Waals surface area contributed by atoms with Crippen molar-refractivity contribution >= 4 is 17.6 Å². The highest BCUT2D eigenvalue weighted by atomic mass is 19.1. The second kappa shape index (κ2) is 9.42. The first kappa shape index (κ1) is 18.4. The molecule has 0 fully saturated rings. The first-order valence-electron chi connectivity index (χ1n) is 8.02. The van der Waals surface area contributed by atoms with Crippen molar-refractivity contribution < 1.29 is 23.8 Å². The number of carboxylic acids is 1. The molecule has 0 aliphatic rings. The summed E-state index contributed by atoms with van der Waals surface area (Å²) in [5.41, 5.74) is 1.45. The van der Waals surface area contributed by atoms with Gasteiger partial charge in [0.05, 0.1) is 0 Å². The minimum absolute atomic E-state index is 0.0694. The Balaban J connectivity index is 1.80. The molecular formula is C19H20FNO4. The summed E-state index contributed by atoms with van der Waals surface area (Å²) < 4.78 is 18.5. The van der Waals surface area contributed by atoms with Crippen molar-refractivity contribution in [2.24, 2.45) is 0 Å². The summed E-state index contributed by atoms with van der Waals surface area (Å²) in [6.07, 6.45) is 1.34. The van der Waals surface area contributed by atoms with Crippen LogP contribution in [-0.2, 0) is 16.2 Å². The Bertz CT molecular complexity index is 716. The molecule has 0 aliphatic heterocycles. The topological polar surface area (TPSA) is 75.6 Å². The standard InChI is InChI=1S/C19H20FNO4/c20-15-10-8-14(9-11-15)13-25-17-5-3-4-16(12-17)21-18(22)6-1-2-7-19(23)24/h3-5,8-12H,1-2,6-7,13H2,(H,21,22)(H,23,24). The van der Waals surface area contributed by atoms with Crippen molar-refractivity contribution in [1.82, 2.24) is 0 Å². The van der Waals surface area contributed by atoms with Gasteiger partial charge < -0.3 is 15.2 Å². The van der Waals surface area contributed by atoms with Crippen LogP contribution in [0.15, 0.2) is 48.5 Å². The predicted molar refractivity (Wildman–Crippen MR) is 91.9 cm³/mol. The Morgan fingerprint density at radius 1 is 1.04 bits per heavy atom. The predicted octanol–water partition coefficient (Wildman–Crippen LogP) is 3.99. The Morgan fingerprint density at radius 3 is 2.48 bits per heavy atom. The number of carbonyl (C=O) groups is 2. The Kier molecular flexibility index (Phi) is 6.95. The van der Waals surface area contributed by atoms with Crippen molar-refractivity contribution in [3.63, 3.8) is 0 Å². The van der Waals surface area contributed by atoms with E-state index in [4.69, 9.17) is 9.84 Å². The smallest absolute Gasteiger partial charge is 0.303 e. The van der Waals surface area contributed by atoms with Crippen LogP contribution in [0.1, 0.15) is 31.2 Å². The quantitative estimate of drug-likeness (QED) is 0.674. The maximum atomic E-state index is 12.9. The van der Waals surface area contributed by atoms with Gasteiger partial charge in [-0.3, -0.25) is 9.59 Å². The van der Waals surface area contributed by atoms with Crippen LogP contribution in [0.3, 0.4) is 0 Å². The summed E-state index contributed by atoms with van der Waals surface area (Å²) in [6, 6.07) is 13.0. The molecule has 0 aromatic heterocycles. The summed E-state index contributed by atoms with van der Waals surface area (Å²) in [5, 5.41) is 11.3. The highest BCUT2D eigenvalue weighted by molar-refractivity contribution is 5.90. The summed E-state index contributed by atoms with van der Waals surface area (Å²) in [4.78, 5) is 22.3. The second-order valence-electron chi connectivity index (χ2n) is 5.59. The van der Waals surface area contributed by atoms with Crippen molar-refractivity contribution in [3.05, 3.63) is 59.9 Å². The van der Waals surface area contributed by atoms with Gasteiger partial charge >= 0.3 is 5.97 Å². The van der Waals surface area contributed by atoms with E-state index < -0.39 is 5.97 Å². The van der Waals surface area contributed by atoms with Gasteiger partial charge in [-0.15, -0.1) is 0 Å². The van der Waals surface area contributed by atoms with Crippen molar-refractivity contribution in [2.45, 2.75) is 32.3 Å². The average molecular weight is 345 g/mol. The summed E-state index contributed by atoms with van der Waals surface area (Å²) >= 11 is 0. The normalized spacial score (nSPS) is 10.3. The zero-order valence-electron chi connectivity index (χ0n) is 13.7. The van der Waals surface area contributed by atoms with Crippen LogP contribution in [0.25, 0.3) is 0 Å². The van der Waals surface area contributed by atoms with Gasteiger partial charge in [0.2, 0.25) is 5.91 Å². The molecule has 0 unspecified atom stereocenters. The molecule has 2 aromatic rings. The van der Waals surface area contributed by atoms with Gasteiger partial charge in [-0.2, -0.15) is 0 Å². The number of nitrogens with one attached hydrogen (secondary N) is 1. The molecule has 0 radical (unpaired) electrons. The average Bonchev–Trinajstić information content (AvgIpc) is 2.58. The lowest BCUT2D eigenvalue weighted by molar-refractivity contribution is -0.137. The van der Waals surface area contributed by atoms with Gasteiger partial charge in [-0.05, 0) is 42.7 Å². The van der Waals surface area contributed by atoms with Crippen molar-refractivity contribution in [3.8, 4) is 5.75 Å². The van der Waals surface area contributed by atoms with Crippen LogP contribution >= 0.6 is 0 Å². The number of ether oxygens (including phenoxy) is 1. The fourth-order valence-corrected chi connectivity index (χ4v) is 2.20. The molecule has 0 aliphatic carbocycles. The Hall–Kier alpha value is -2.89. The van der Waals surface area contributed by atoms with Crippen molar-refractivity contribution in [1.29, 1.82) is 0 Å². The van der Waals surface area contributed by atoms with Gasteiger partial charge in [-0.1, -0.05) is 18.2 Å². The number of rotatable bonds is 9. The molecule has 5 nitrogen and oxygen atoms in total. The van der Waals surface area contributed by atoms with E-state index in [1.807, 2.05) is 0 Å². The number of hydrogen-bond donors (Lipinski definition) is 2. The largest absolute Gasteiger partial charge is 0.489 e. The van der Waals surface area contributed by atoms with Gasteiger partial charge in [-0.25, -0.2) is 4.39 Å². The number of carboxylic acid groups (broad SMARTS) is 1. The molecule has 2 aromatic carbocycles. The number of amides is 1. The molecule has 1 amide bonds. The first-order chi connectivity index (χ1) is 12.0. The van der Waals surface area contributed by atoms with E-state index in [1.165, 1.54) is 12.1 Å². The van der Waals surface area contributed by atoms with E-state index >= 15 is 0 Å². The Labute approximate surface area is 145 Å². The summed E-state index contributed by atoms with van der Waals surface area (Å²) in [6.45, 7) is 0.298. The molecular weight excluding hydrogens is 325 g/mol. The van der Waals surface area contributed by atoms with Crippen LogP contribution in [-0.4, -0.2) is 17.0 Å². The SMILES string of the molecule is O=C(O)CCCCC(=O)Nc1cccc(OCc2ccc(F)cc2)c1. The second-order valence-corrected chi connectivity index (χ2v) is 5.59. The maximum Gasteiger partial charge on any atom is 0.303 e. The molecule has 2 rings (SSSR count). The van der Waals surface area contributed by atoms with Gasteiger partial charge in [0.25, 0.3) is 0 Å². The van der Waals surface area contributed by atoms with E-state index in [1.54, 1.807) is 36.4 Å². The van der Waals surface area contributed by atoms with E-state index in [2.05, 4.69) is 5.32 Å². The lowest BCUT2D eigenvalue weighted by atomic mass is 10.2. The van der Waals surface area contributed by atoms with Gasteiger partial charge in [0, 0.05) is 24.6 Å². The Morgan fingerprint density at radius 2 is 1.76 bits per heavy atom. The third kappa shape index (κ3) is 7.03. The minimum atomic E-state index is -0.855. The number of benzene rings is 2. The lowest BCUT2D eigenvalue weighted by Crippen LogP contribution is -2.11. The molecule has 132 valence electrons. The zero-order valence-corrected chi connectivity index (χ0v) is 13.7. The van der Waals surface area contributed by atoms with Gasteiger partial charge in [0.1, 0.15) is 18.2 Å². The van der Waals surface area contributed by atoms with E-state index in [0.717, 1.165) is 5.56 Å². The van der Waals surface area contributed by atoms with Crippen LogP contribution in [0.2, 0.25) is 0 Å². The first-order valence-corrected chi connectivity index (χ1v) is 8.02. The van der Waals surface area contributed by atoms with Crippen molar-refractivity contribution in [2.75, 3.05) is 5.32 Å². The number of carbonyl (C=O) groups excluding carboxylic acids is 1. The zero-order chi connectivity index (χ0) is 18.1. The van der Waals surface area contributed by atoms with Crippen LogP contribution in [0, 0.1) is 5.82 Å². The molecule has 0 spiro atoms. The fourth-order valence-electron chi connectivity index (χ4n) is 2.20. The monoisotopic (exact) mass is 345 g/mol. The van der Waals surface area contributed by atoms with E-state index in [-0.39, 0.29) is 24.6 Å². The summed E-state index contributed by atoms with van der Waals surface area (Å²) in [7, 11) is 0. The highest BCUT2D eigenvalue weighted by Crippen LogP contribution is 2.19. The van der Waals surface area contributed by atoms with Gasteiger partial charge in [0.15, 0.2) is 0 Å². The van der Waals surface area contributed by atoms with Crippen LogP contribution in [0.5, 0.6) is 5.75 Å². The van der Waals surface area contributed by atoms with Crippen LogP contribution < -0.4 is 10.1 Å². The number of anilines is 1. The molecule has 0 bridgehead atoms. The molecule has 2 N–H and O–H groups in total. The molecule has 0 atom stereocenters. The van der Waals surface area contributed by atoms with Crippen LogP contribution in [0.4, 0.5) is 10.1 Å². The molecule has 0 saturated carbocycles. The number of hydrogen-bond acceptors (Lipinski definition) is 3. The fraction of sp³-hybridized carbons (Fsp3) is 0.263. The minimum Gasteiger partial charge on any atom is -0.489 e. The molecule has 25 heavy (non-hydrogen) atoms. The lowest BCUT2D eigenvalue weighted by Gasteiger charge is -2.09. The maximum absolute atomic E-state index is 12.9. The molecule has 0 saturated heterocycles. The third-order valence-electron chi connectivity index (χ3n) is 3.48. The number of unbranched alkanes of at least 4 members (excludes halogenated alkanes) is 1. The number of aliphatic carboxylic acids is 1. The molecule has 6 heteroatoms. The van der Waals surface area contributed by atoms with E-state index in [9.17, 15) is 14.0 Å². The molecule has 0 heterocycles. The number of halogens is 1. The third-order valence-corrected chi connectivity index (χ3v) is 3.48.